The molecule has 0 saturated carbocycles. The van der Waals surface area contributed by atoms with Crippen LogP contribution in [0.25, 0.3) is 11.4 Å². The third-order valence-corrected chi connectivity index (χ3v) is 4.40. The molecule has 4 rings (SSSR count). The molecule has 2 N–H and O–H groups in total. The van der Waals surface area contributed by atoms with E-state index < -0.39 is 0 Å². The lowest BCUT2D eigenvalue weighted by atomic mass is 9.90. The quantitative estimate of drug-likeness (QED) is 0.758. The average Bonchev–Trinajstić information content (AvgIpc) is 2.66. The van der Waals surface area contributed by atoms with Gasteiger partial charge in [-0.2, -0.15) is 0 Å². The summed E-state index contributed by atoms with van der Waals surface area (Å²) in [4.78, 5) is 25.3. The number of rotatable bonds is 4. The fourth-order valence-corrected chi connectivity index (χ4v) is 3.22. The molecule has 3 heterocycles. The lowest BCUT2D eigenvalue weighted by Gasteiger charge is -2.26. The van der Waals surface area contributed by atoms with E-state index in [1.807, 2.05) is 49.4 Å². The van der Waals surface area contributed by atoms with Crippen LogP contribution < -0.4 is 10.6 Å². The third kappa shape index (κ3) is 3.39. The van der Waals surface area contributed by atoms with Crippen LogP contribution in [0.15, 0.2) is 54.7 Å². The molecule has 1 unspecified atom stereocenters. The number of nitrogens with one attached hydrogen (secondary N) is 2. The zero-order chi connectivity index (χ0) is 17.9. The fourth-order valence-electron chi connectivity index (χ4n) is 3.22. The lowest BCUT2D eigenvalue weighted by Crippen LogP contribution is -2.27. The highest BCUT2D eigenvalue weighted by atomic mass is 16.1. The molecule has 0 fully saturated rings. The summed E-state index contributed by atoms with van der Waals surface area (Å²) in [5, 5.41) is 6.30. The number of nitrogens with zero attached hydrogens (tertiary/aromatic N) is 3. The minimum Gasteiger partial charge on any atom is -0.369 e. The predicted molar refractivity (Wildman–Crippen MR) is 101 cm³/mol. The Kier molecular flexibility index (Phi) is 4.31. The monoisotopic (exact) mass is 345 g/mol. The minimum absolute atomic E-state index is 0.0449. The van der Waals surface area contributed by atoms with Gasteiger partial charge in [-0.1, -0.05) is 24.3 Å². The Balaban J connectivity index is 1.55. The molecule has 0 aliphatic carbocycles. The van der Waals surface area contributed by atoms with Crippen LogP contribution in [0.2, 0.25) is 0 Å². The summed E-state index contributed by atoms with van der Waals surface area (Å²) in [6, 6.07) is 15.6. The fraction of sp³-hybridized carbons (Fsp3) is 0.200. The molecule has 1 atom stereocenters. The molecule has 0 spiro atoms. The van der Waals surface area contributed by atoms with E-state index in [2.05, 4.69) is 31.7 Å². The van der Waals surface area contributed by atoms with E-state index in [0.29, 0.717) is 18.8 Å². The first-order valence-corrected chi connectivity index (χ1v) is 8.59. The Morgan fingerprint density at radius 2 is 1.96 bits per heavy atom. The van der Waals surface area contributed by atoms with E-state index in [1.165, 1.54) is 0 Å². The number of hydrogen-bond acceptors (Lipinski definition) is 5. The van der Waals surface area contributed by atoms with Crippen LogP contribution in [0.1, 0.15) is 23.7 Å². The van der Waals surface area contributed by atoms with Crippen LogP contribution in [0.3, 0.4) is 0 Å². The first-order valence-electron chi connectivity index (χ1n) is 8.59. The van der Waals surface area contributed by atoms with Gasteiger partial charge in [-0.3, -0.25) is 9.78 Å². The molecule has 1 amide bonds. The molecule has 2 aromatic heterocycles. The maximum absolute atomic E-state index is 12.0. The van der Waals surface area contributed by atoms with Gasteiger partial charge in [0.15, 0.2) is 0 Å². The maximum Gasteiger partial charge on any atom is 0.225 e. The zero-order valence-electron chi connectivity index (χ0n) is 14.4. The first kappa shape index (κ1) is 16.2. The zero-order valence-corrected chi connectivity index (χ0v) is 14.4. The van der Waals surface area contributed by atoms with Crippen molar-refractivity contribution in [1.82, 2.24) is 15.0 Å². The highest BCUT2D eigenvalue weighted by molar-refractivity contribution is 5.94. The molecule has 1 aliphatic heterocycles. The standard InChI is InChI=1S/C20H19N5O/c1-13-23-18(17-8-4-5-9-21-17)11-19(24-13)22-12-14-10-20(26)25-16-7-3-2-6-15(14)16/h2-9,11,14H,10,12H2,1H3,(H,25,26)(H,22,23,24). The largest absolute Gasteiger partial charge is 0.369 e. The summed E-state index contributed by atoms with van der Waals surface area (Å²) < 4.78 is 0. The minimum atomic E-state index is 0.0449. The normalized spacial score (nSPS) is 15.9. The molecular formula is C20H19N5O. The van der Waals surface area contributed by atoms with Gasteiger partial charge in [-0.25, -0.2) is 9.97 Å². The topological polar surface area (TPSA) is 79.8 Å². The van der Waals surface area contributed by atoms with Crippen LogP contribution in [-0.2, 0) is 4.79 Å². The van der Waals surface area contributed by atoms with Crippen molar-refractivity contribution in [3.8, 4) is 11.4 Å². The number of hydrogen-bond donors (Lipinski definition) is 2. The van der Waals surface area contributed by atoms with Gasteiger partial charge < -0.3 is 10.6 Å². The number of aryl methyl sites for hydroxylation is 1. The van der Waals surface area contributed by atoms with Crippen molar-refractivity contribution in [2.45, 2.75) is 19.3 Å². The first-order chi connectivity index (χ1) is 12.7. The highest BCUT2D eigenvalue weighted by Gasteiger charge is 2.24. The number of benzene rings is 1. The summed E-state index contributed by atoms with van der Waals surface area (Å²) in [7, 11) is 0. The van der Waals surface area contributed by atoms with Gasteiger partial charge in [0.05, 0.1) is 11.4 Å². The Hall–Kier alpha value is -3.28. The molecule has 0 saturated heterocycles. The number of anilines is 2. The summed E-state index contributed by atoms with van der Waals surface area (Å²) in [5.41, 5.74) is 3.63. The van der Waals surface area contributed by atoms with Crippen LogP contribution in [0, 0.1) is 6.92 Å². The van der Waals surface area contributed by atoms with Crippen LogP contribution >= 0.6 is 0 Å². The Bertz CT molecular complexity index is 942. The highest BCUT2D eigenvalue weighted by Crippen LogP contribution is 2.32. The third-order valence-electron chi connectivity index (χ3n) is 4.40. The number of para-hydroxylation sites is 1. The van der Waals surface area contributed by atoms with Crippen LogP contribution in [-0.4, -0.2) is 27.4 Å². The van der Waals surface area contributed by atoms with Crippen molar-refractivity contribution in [3.63, 3.8) is 0 Å². The van der Waals surface area contributed by atoms with Gasteiger partial charge in [0, 0.05) is 36.8 Å². The van der Waals surface area contributed by atoms with Crippen molar-refractivity contribution >= 4 is 17.4 Å². The van der Waals surface area contributed by atoms with Gasteiger partial charge in [0.2, 0.25) is 5.91 Å². The van der Waals surface area contributed by atoms with E-state index in [9.17, 15) is 4.79 Å². The molecule has 0 radical (unpaired) electrons. The SMILES string of the molecule is Cc1nc(NCC2CC(=O)Nc3ccccc32)cc(-c2ccccn2)n1. The summed E-state index contributed by atoms with van der Waals surface area (Å²) in [6.07, 6.45) is 2.21. The Morgan fingerprint density at radius 1 is 1.12 bits per heavy atom. The van der Waals surface area contributed by atoms with Crippen molar-refractivity contribution in [2.75, 3.05) is 17.2 Å². The van der Waals surface area contributed by atoms with E-state index >= 15 is 0 Å². The van der Waals surface area contributed by atoms with Gasteiger partial charge in [0.25, 0.3) is 0 Å². The molecule has 130 valence electrons. The molecule has 1 aromatic carbocycles. The number of carbonyl (C=O) groups excluding carboxylic acids is 1. The average molecular weight is 345 g/mol. The molecule has 1 aliphatic rings. The smallest absolute Gasteiger partial charge is 0.225 e. The summed E-state index contributed by atoms with van der Waals surface area (Å²) in [6.45, 7) is 2.49. The van der Waals surface area contributed by atoms with Crippen molar-refractivity contribution < 1.29 is 4.79 Å². The van der Waals surface area contributed by atoms with Crippen molar-refractivity contribution in [2.24, 2.45) is 0 Å². The second-order valence-corrected chi connectivity index (χ2v) is 6.32. The number of amides is 1. The van der Waals surface area contributed by atoms with E-state index in [0.717, 1.165) is 28.5 Å². The molecular weight excluding hydrogens is 326 g/mol. The second kappa shape index (κ2) is 6.92. The van der Waals surface area contributed by atoms with Gasteiger partial charge >= 0.3 is 0 Å². The van der Waals surface area contributed by atoms with E-state index in [1.54, 1.807) is 6.20 Å². The van der Waals surface area contributed by atoms with Crippen LogP contribution in [0.4, 0.5) is 11.5 Å². The van der Waals surface area contributed by atoms with E-state index in [4.69, 9.17) is 0 Å². The molecule has 6 nitrogen and oxygen atoms in total. The number of aromatic nitrogens is 3. The molecule has 26 heavy (non-hydrogen) atoms. The summed E-state index contributed by atoms with van der Waals surface area (Å²) >= 11 is 0. The van der Waals surface area contributed by atoms with Gasteiger partial charge in [-0.15, -0.1) is 0 Å². The predicted octanol–water partition coefficient (Wildman–Crippen LogP) is 3.38. The van der Waals surface area contributed by atoms with E-state index in [-0.39, 0.29) is 11.8 Å². The Morgan fingerprint density at radius 3 is 2.81 bits per heavy atom. The number of carbonyl (C=O) groups is 1. The maximum atomic E-state index is 12.0. The second-order valence-electron chi connectivity index (χ2n) is 6.32. The van der Waals surface area contributed by atoms with Crippen LogP contribution in [0.5, 0.6) is 0 Å². The Labute approximate surface area is 151 Å². The molecule has 3 aromatic rings. The molecule has 0 bridgehead atoms. The van der Waals surface area contributed by atoms with Crippen molar-refractivity contribution in [1.29, 1.82) is 0 Å². The molecule has 6 heteroatoms. The van der Waals surface area contributed by atoms with Gasteiger partial charge in [0.1, 0.15) is 11.6 Å². The van der Waals surface area contributed by atoms with Crippen molar-refractivity contribution in [3.05, 3.63) is 66.1 Å². The number of fused-ring (bicyclic) bond motifs is 1. The summed E-state index contributed by atoms with van der Waals surface area (Å²) in [5.74, 6) is 1.57. The number of pyridine rings is 1. The lowest BCUT2D eigenvalue weighted by molar-refractivity contribution is -0.116. The van der Waals surface area contributed by atoms with Gasteiger partial charge in [-0.05, 0) is 30.7 Å².